The summed E-state index contributed by atoms with van der Waals surface area (Å²) in [6, 6.07) is 1.59. The number of hydrogen-bond acceptors (Lipinski definition) is 5. The Morgan fingerprint density at radius 3 is 3.00 bits per heavy atom. The first kappa shape index (κ1) is 8.25. The molecule has 2 aromatic heterocycles. The Kier molecular flexibility index (Phi) is 2.02. The molecule has 2 aromatic rings. The molecule has 5 heteroatoms. The maximum atomic E-state index is 9.46. The van der Waals surface area contributed by atoms with Gasteiger partial charge in [0.2, 0.25) is 0 Å². The van der Waals surface area contributed by atoms with Crippen molar-refractivity contribution in [1.29, 1.82) is 0 Å². The van der Waals surface area contributed by atoms with Crippen molar-refractivity contribution in [2.24, 2.45) is 0 Å². The predicted octanol–water partition coefficient (Wildman–Crippen LogP) is 1.45. The van der Waals surface area contributed by atoms with Gasteiger partial charge < -0.3 is 5.11 Å². The van der Waals surface area contributed by atoms with Crippen LogP contribution >= 0.6 is 11.8 Å². The van der Waals surface area contributed by atoms with Crippen molar-refractivity contribution in [3.8, 4) is 5.75 Å². The van der Waals surface area contributed by atoms with Gasteiger partial charge in [-0.3, -0.25) is 0 Å². The van der Waals surface area contributed by atoms with Crippen molar-refractivity contribution in [1.82, 2.24) is 15.0 Å². The molecule has 0 unspecified atom stereocenters. The summed E-state index contributed by atoms with van der Waals surface area (Å²) in [5.74, 6) is 0.165. The molecule has 0 bridgehead atoms. The molecule has 0 radical (unpaired) electrons. The molecule has 0 aromatic carbocycles. The highest BCUT2D eigenvalue weighted by Crippen LogP contribution is 2.26. The van der Waals surface area contributed by atoms with Crippen molar-refractivity contribution in [2.75, 3.05) is 6.26 Å². The molecule has 13 heavy (non-hydrogen) atoms. The third kappa shape index (κ3) is 1.42. The zero-order valence-electron chi connectivity index (χ0n) is 6.93. The van der Waals surface area contributed by atoms with E-state index in [0.717, 1.165) is 0 Å². The number of thioether (sulfide) groups is 1. The van der Waals surface area contributed by atoms with Crippen molar-refractivity contribution in [2.45, 2.75) is 5.03 Å². The second-order valence-corrected chi connectivity index (χ2v) is 3.24. The van der Waals surface area contributed by atoms with Crippen LogP contribution in [0.15, 0.2) is 23.6 Å². The molecular formula is C8H7N3OS. The van der Waals surface area contributed by atoms with Crippen molar-refractivity contribution in [3.05, 3.63) is 18.6 Å². The lowest BCUT2D eigenvalue weighted by atomic mass is 10.3. The highest BCUT2D eigenvalue weighted by Gasteiger charge is 2.04. The number of rotatable bonds is 1. The van der Waals surface area contributed by atoms with Crippen LogP contribution in [0.5, 0.6) is 5.75 Å². The van der Waals surface area contributed by atoms with Gasteiger partial charge in [-0.1, -0.05) is 0 Å². The van der Waals surface area contributed by atoms with Crippen molar-refractivity contribution < 1.29 is 5.11 Å². The molecule has 0 aliphatic carbocycles. The van der Waals surface area contributed by atoms with Crippen LogP contribution < -0.4 is 0 Å². The first-order chi connectivity index (χ1) is 6.31. The fourth-order valence-electron chi connectivity index (χ4n) is 1.04. The summed E-state index contributed by atoms with van der Waals surface area (Å²) < 4.78 is 0. The summed E-state index contributed by atoms with van der Waals surface area (Å²) in [5.41, 5.74) is 1.36. The molecule has 1 N–H and O–H groups in total. The number of nitrogens with zero attached hydrogens (tertiary/aromatic N) is 3. The smallest absolute Gasteiger partial charge is 0.149 e. The van der Waals surface area contributed by atoms with Crippen LogP contribution in [0.1, 0.15) is 0 Å². The van der Waals surface area contributed by atoms with Crippen LogP contribution in [0.3, 0.4) is 0 Å². The van der Waals surface area contributed by atoms with E-state index in [9.17, 15) is 5.11 Å². The second kappa shape index (κ2) is 3.18. The van der Waals surface area contributed by atoms with Gasteiger partial charge in [0, 0.05) is 6.07 Å². The first-order valence-corrected chi connectivity index (χ1v) is 4.87. The number of aromatic hydroxyl groups is 1. The fourth-order valence-corrected chi connectivity index (χ4v) is 1.49. The van der Waals surface area contributed by atoms with E-state index in [0.29, 0.717) is 16.1 Å². The summed E-state index contributed by atoms with van der Waals surface area (Å²) >= 11 is 1.39. The van der Waals surface area contributed by atoms with Crippen LogP contribution in [-0.2, 0) is 0 Å². The van der Waals surface area contributed by atoms with Gasteiger partial charge in [0.1, 0.15) is 22.6 Å². The lowest BCUT2D eigenvalue weighted by molar-refractivity contribution is 0.458. The number of hydrogen-bond donors (Lipinski definition) is 1. The molecule has 66 valence electrons. The average molecular weight is 193 g/mol. The Labute approximate surface area is 79.1 Å². The first-order valence-electron chi connectivity index (χ1n) is 3.65. The van der Waals surface area contributed by atoms with Crippen molar-refractivity contribution >= 4 is 22.8 Å². The van der Waals surface area contributed by atoms with E-state index in [1.165, 1.54) is 18.1 Å². The van der Waals surface area contributed by atoms with E-state index in [4.69, 9.17) is 0 Å². The highest BCUT2D eigenvalue weighted by molar-refractivity contribution is 7.98. The predicted molar refractivity (Wildman–Crippen MR) is 50.8 cm³/mol. The molecule has 4 nitrogen and oxygen atoms in total. The van der Waals surface area contributed by atoms with Gasteiger partial charge in [0.05, 0.1) is 11.7 Å². The Morgan fingerprint density at radius 1 is 1.38 bits per heavy atom. The van der Waals surface area contributed by atoms with Gasteiger partial charge in [0.25, 0.3) is 0 Å². The minimum atomic E-state index is 0.165. The SMILES string of the molecule is CSc1nc2cncnc2cc1O. The Bertz CT molecular complexity index is 446. The maximum absolute atomic E-state index is 9.46. The van der Waals surface area contributed by atoms with E-state index in [2.05, 4.69) is 15.0 Å². The Balaban J connectivity index is 2.74. The lowest BCUT2D eigenvalue weighted by Crippen LogP contribution is -1.87. The van der Waals surface area contributed by atoms with Gasteiger partial charge in [0.15, 0.2) is 0 Å². The van der Waals surface area contributed by atoms with E-state index in [-0.39, 0.29) is 5.75 Å². The largest absolute Gasteiger partial charge is 0.505 e. The minimum Gasteiger partial charge on any atom is -0.505 e. The number of aromatic nitrogens is 3. The van der Waals surface area contributed by atoms with Crippen LogP contribution in [-0.4, -0.2) is 26.3 Å². The molecule has 0 aliphatic rings. The standard InChI is InChI=1S/C8H7N3OS/c1-13-8-7(12)2-5-6(11-8)3-9-4-10-5/h2-4,12H,1H3. The summed E-state index contributed by atoms with van der Waals surface area (Å²) in [7, 11) is 0. The van der Waals surface area contributed by atoms with Crippen LogP contribution in [0.25, 0.3) is 11.0 Å². The summed E-state index contributed by atoms with van der Waals surface area (Å²) in [6.07, 6.45) is 4.92. The van der Waals surface area contributed by atoms with Crippen LogP contribution in [0.2, 0.25) is 0 Å². The third-order valence-corrected chi connectivity index (χ3v) is 2.32. The van der Waals surface area contributed by atoms with E-state index < -0.39 is 0 Å². The minimum absolute atomic E-state index is 0.165. The van der Waals surface area contributed by atoms with Crippen molar-refractivity contribution in [3.63, 3.8) is 0 Å². The monoisotopic (exact) mass is 193 g/mol. The normalized spacial score (nSPS) is 10.5. The molecule has 2 rings (SSSR count). The molecular weight excluding hydrogens is 186 g/mol. The summed E-state index contributed by atoms with van der Waals surface area (Å²) in [4.78, 5) is 12.0. The maximum Gasteiger partial charge on any atom is 0.149 e. The third-order valence-electron chi connectivity index (χ3n) is 1.63. The topological polar surface area (TPSA) is 58.9 Å². The average Bonchev–Trinajstić information content (AvgIpc) is 2.17. The second-order valence-electron chi connectivity index (χ2n) is 2.44. The van der Waals surface area contributed by atoms with Gasteiger partial charge in [-0.15, -0.1) is 11.8 Å². The lowest BCUT2D eigenvalue weighted by Gasteiger charge is -2.01. The van der Waals surface area contributed by atoms with E-state index in [1.807, 2.05) is 6.26 Å². The Morgan fingerprint density at radius 2 is 2.23 bits per heavy atom. The molecule has 0 saturated heterocycles. The zero-order chi connectivity index (χ0) is 9.26. The van der Waals surface area contributed by atoms with E-state index >= 15 is 0 Å². The number of pyridine rings is 1. The van der Waals surface area contributed by atoms with Gasteiger partial charge >= 0.3 is 0 Å². The van der Waals surface area contributed by atoms with E-state index in [1.54, 1.807) is 12.3 Å². The molecule has 0 amide bonds. The fraction of sp³-hybridized carbons (Fsp3) is 0.125. The molecule has 0 fully saturated rings. The van der Waals surface area contributed by atoms with Gasteiger partial charge in [-0.05, 0) is 6.26 Å². The highest BCUT2D eigenvalue weighted by atomic mass is 32.2. The molecule has 0 spiro atoms. The van der Waals surface area contributed by atoms with Gasteiger partial charge in [-0.25, -0.2) is 15.0 Å². The van der Waals surface area contributed by atoms with Gasteiger partial charge in [-0.2, -0.15) is 0 Å². The van der Waals surface area contributed by atoms with Crippen LogP contribution in [0.4, 0.5) is 0 Å². The molecule has 0 atom stereocenters. The number of fused-ring (bicyclic) bond motifs is 1. The quantitative estimate of drug-likeness (QED) is 0.695. The zero-order valence-corrected chi connectivity index (χ0v) is 7.75. The molecule has 0 saturated carbocycles. The molecule has 2 heterocycles. The summed E-state index contributed by atoms with van der Waals surface area (Å²) in [6.45, 7) is 0. The Hall–Kier alpha value is -1.36. The summed E-state index contributed by atoms with van der Waals surface area (Å²) in [5, 5.41) is 10.1. The molecule has 0 aliphatic heterocycles. The van der Waals surface area contributed by atoms with Crippen LogP contribution in [0, 0.1) is 0 Å².